The van der Waals surface area contributed by atoms with E-state index >= 15 is 0 Å². The third-order valence-electron chi connectivity index (χ3n) is 10.5. The molecule has 3 nitrogen and oxygen atoms in total. The molecule has 4 heteroatoms. The number of fused-ring (bicyclic) bond motifs is 6. The van der Waals surface area contributed by atoms with Crippen LogP contribution >= 0.6 is 0 Å². The van der Waals surface area contributed by atoms with Crippen LogP contribution in [0.15, 0.2) is 164 Å². The Morgan fingerprint density at radius 2 is 0.942 bits per heavy atom. The number of nitrogens with zero attached hydrogens (tertiary/aromatic N) is 3. The van der Waals surface area contributed by atoms with Gasteiger partial charge in [0.05, 0.1) is 0 Å². The summed E-state index contributed by atoms with van der Waals surface area (Å²) in [6, 6.07) is 58.8. The van der Waals surface area contributed by atoms with Gasteiger partial charge in [-0.25, -0.2) is 0 Å². The molecular formula is C48H33N3Se. The van der Waals surface area contributed by atoms with Crippen molar-refractivity contribution in [3.63, 3.8) is 0 Å². The van der Waals surface area contributed by atoms with E-state index in [9.17, 15) is 0 Å². The van der Waals surface area contributed by atoms with E-state index < -0.39 is 0 Å². The molecule has 52 heavy (non-hydrogen) atoms. The van der Waals surface area contributed by atoms with Crippen molar-refractivity contribution in [2.24, 2.45) is 0 Å². The summed E-state index contributed by atoms with van der Waals surface area (Å²) >= 11 is 0.239. The van der Waals surface area contributed by atoms with Gasteiger partial charge in [-0.1, -0.05) is 44.2 Å². The van der Waals surface area contributed by atoms with Crippen LogP contribution in [0.2, 0.25) is 0 Å². The van der Waals surface area contributed by atoms with Gasteiger partial charge >= 0.3 is 244 Å². The van der Waals surface area contributed by atoms with Crippen LogP contribution in [0.5, 0.6) is 0 Å². The van der Waals surface area contributed by atoms with E-state index in [-0.39, 0.29) is 19.9 Å². The van der Waals surface area contributed by atoms with Crippen molar-refractivity contribution < 1.29 is 0 Å². The summed E-state index contributed by atoms with van der Waals surface area (Å²) in [6.07, 6.45) is 0. The zero-order chi connectivity index (χ0) is 34.8. The molecule has 0 bridgehead atoms. The van der Waals surface area contributed by atoms with Crippen molar-refractivity contribution in [1.29, 1.82) is 0 Å². The van der Waals surface area contributed by atoms with Gasteiger partial charge in [-0.3, -0.25) is 0 Å². The molecule has 1 aliphatic carbocycles. The van der Waals surface area contributed by atoms with Gasteiger partial charge in [-0.15, -0.1) is 0 Å². The molecule has 0 N–H and O–H groups in total. The number of benzene rings is 7. The fourth-order valence-corrected chi connectivity index (χ4v) is 10.4. The summed E-state index contributed by atoms with van der Waals surface area (Å²) in [7, 11) is 0. The molecule has 0 radical (unpaired) electrons. The zero-order valence-electron chi connectivity index (χ0n) is 28.8. The number of rotatable bonds is 5. The Morgan fingerprint density at radius 1 is 0.385 bits per heavy atom. The number of aromatic nitrogens is 3. The third kappa shape index (κ3) is 5.06. The van der Waals surface area contributed by atoms with Gasteiger partial charge in [-0.2, -0.15) is 0 Å². The molecule has 2 heterocycles. The molecule has 9 aromatic rings. The molecule has 0 saturated carbocycles. The molecule has 2 aromatic heterocycles. The first kappa shape index (κ1) is 30.9. The number of hydrogen-bond acceptors (Lipinski definition) is 3. The molecule has 0 fully saturated rings. The van der Waals surface area contributed by atoms with E-state index in [0.717, 1.165) is 22.3 Å². The van der Waals surface area contributed by atoms with Crippen LogP contribution in [0, 0.1) is 0 Å². The van der Waals surface area contributed by atoms with Crippen LogP contribution in [0.1, 0.15) is 25.0 Å². The standard InChI is InChI=1S/C48H33N3Se/c1-48(2)40-21-10-9-19-37(40)38-25-24-35(28-41(38)48)47-50-45(31-15-7-4-8-16-31)49-46(51-47)34-18-11-17-32(27-34)33-23-26-39-43(29-33)52-42-22-12-20-36(44(39)42)30-13-5-3-6-14-30/h3-29H,1-2H3. The molecule has 0 atom stereocenters. The summed E-state index contributed by atoms with van der Waals surface area (Å²) in [5, 5.41) is 2.73. The Labute approximate surface area is 309 Å². The van der Waals surface area contributed by atoms with E-state index in [1.54, 1.807) is 0 Å². The molecule has 0 unspecified atom stereocenters. The second-order valence-electron chi connectivity index (χ2n) is 14.0. The SMILES string of the molecule is CC1(C)c2ccccc2-c2ccc(-c3nc(-c4ccccc4)nc(-c4cccc(-c5ccc6c(c5)[se]c5cccc(-c7ccccc7)c56)c4)n3)cc21. The predicted octanol–water partition coefficient (Wildman–Crippen LogP) is 11.9. The van der Waals surface area contributed by atoms with Gasteiger partial charge in [0.15, 0.2) is 0 Å². The Kier molecular flexibility index (Phi) is 7.18. The fraction of sp³-hybridized carbons (Fsp3) is 0.0625. The molecule has 7 aromatic carbocycles. The van der Waals surface area contributed by atoms with E-state index in [4.69, 9.17) is 15.0 Å². The minimum absolute atomic E-state index is 0.115. The second kappa shape index (κ2) is 12.1. The average Bonchev–Trinajstić information content (AvgIpc) is 3.70. The molecule has 0 amide bonds. The molecule has 246 valence electrons. The Morgan fingerprint density at radius 3 is 1.73 bits per heavy atom. The van der Waals surface area contributed by atoms with E-state index in [0.29, 0.717) is 17.5 Å². The van der Waals surface area contributed by atoms with Gasteiger partial charge in [0.25, 0.3) is 0 Å². The van der Waals surface area contributed by atoms with Gasteiger partial charge in [0, 0.05) is 5.41 Å². The third-order valence-corrected chi connectivity index (χ3v) is 12.9. The monoisotopic (exact) mass is 731 g/mol. The Balaban J connectivity index is 1.08. The molecule has 0 spiro atoms. The van der Waals surface area contributed by atoms with Crippen LogP contribution in [0.25, 0.3) is 86.8 Å². The van der Waals surface area contributed by atoms with Crippen LogP contribution in [0.4, 0.5) is 0 Å². The zero-order valence-corrected chi connectivity index (χ0v) is 30.6. The van der Waals surface area contributed by atoms with Crippen LogP contribution in [-0.4, -0.2) is 29.5 Å². The van der Waals surface area contributed by atoms with Gasteiger partial charge < -0.3 is 0 Å². The summed E-state index contributed by atoms with van der Waals surface area (Å²) in [5.41, 5.74) is 13.0. The summed E-state index contributed by atoms with van der Waals surface area (Å²) in [5.74, 6) is 2.01. The van der Waals surface area contributed by atoms with Crippen LogP contribution in [0.3, 0.4) is 0 Å². The maximum atomic E-state index is 5.16. The first-order valence-corrected chi connectivity index (χ1v) is 19.4. The van der Waals surface area contributed by atoms with Crippen molar-refractivity contribution in [2.45, 2.75) is 19.3 Å². The Hall–Kier alpha value is -5.93. The van der Waals surface area contributed by atoms with Crippen molar-refractivity contribution in [1.82, 2.24) is 15.0 Å². The molecule has 0 aliphatic heterocycles. The minimum atomic E-state index is -0.115. The van der Waals surface area contributed by atoms with Gasteiger partial charge in [0.1, 0.15) is 0 Å². The van der Waals surface area contributed by atoms with E-state index in [1.165, 1.54) is 58.2 Å². The first-order chi connectivity index (χ1) is 25.5. The van der Waals surface area contributed by atoms with Crippen LogP contribution < -0.4 is 0 Å². The van der Waals surface area contributed by atoms with Gasteiger partial charge in [0.2, 0.25) is 0 Å². The van der Waals surface area contributed by atoms with Crippen molar-refractivity contribution in [3.8, 4) is 67.5 Å². The van der Waals surface area contributed by atoms with Crippen molar-refractivity contribution in [3.05, 3.63) is 175 Å². The Bertz CT molecular complexity index is 2820. The first-order valence-electron chi connectivity index (χ1n) is 17.7. The van der Waals surface area contributed by atoms with Crippen molar-refractivity contribution >= 4 is 33.8 Å². The molecular weight excluding hydrogens is 698 g/mol. The summed E-state index contributed by atoms with van der Waals surface area (Å²) < 4.78 is 2.86. The molecule has 10 rings (SSSR count). The van der Waals surface area contributed by atoms with Crippen molar-refractivity contribution in [2.75, 3.05) is 0 Å². The fourth-order valence-electron chi connectivity index (χ4n) is 7.90. The summed E-state index contributed by atoms with van der Waals surface area (Å²) in [6.45, 7) is 4.62. The molecule has 0 saturated heterocycles. The maximum absolute atomic E-state index is 5.16. The van der Waals surface area contributed by atoms with Crippen LogP contribution in [-0.2, 0) is 5.41 Å². The quantitative estimate of drug-likeness (QED) is 0.166. The normalized spacial score (nSPS) is 13.0. The number of hydrogen-bond donors (Lipinski definition) is 0. The van der Waals surface area contributed by atoms with E-state index in [1.807, 2.05) is 18.2 Å². The second-order valence-corrected chi connectivity index (χ2v) is 16.3. The molecule has 1 aliphatic rings. The predicted molar refractivity (Wildman–Crippen MR) is 217 cm³/mol. The topological polar surface area (TPSA) is 38.7 Å². The van der Waals surface area contributed by atoms with E-state index in [2.05, 4.69) is 159 Å². The van der Waals surface area contributed by atoms with Gasteiger partial charge in [-0.05, 0) is 16.7 Å². The average molecular weight is 731 g/mol. The summed E-state index contributed by atoms with van der Waals surface area (Å²) in [4.78, 5) is 15.3.